The van der Waals surface area contributed by atoms with E-state index in [1.54, 1.807) is 0 Å². The maximum Gasteiger partial charge on any atom is 0.189 e. The molecule has 5 nitrogen and oxygen atoms in total. The summed E-state index contributed by atoms with van der Waals surface area (Å²) in [6.45, 7) is 10.1. The molecule has 0 saturated carbocycles. The highest BCUT2D eigenvalue weighted by molar-refractivity contribution is 6.30. The molecule has 1 fully saturated rings. The van der Waals surface area contributed by atoms with E-state index in [-0.39, 0.29) is 11.6 Å². The van der Waals surface area contributed by atoms with Gasteiger partial charge in [-0.3, -0.25) is 9.89 Å². The summed E-state index contributed by atoms with van der Waals surface area (Å²) < 4.78 is 5.46. The van der Waals surface area contributed by atoms with E-state index in [0.29, 0.717) is 12.5 Å². The predicted octanol–water partition coefficient (Wildman–Crippen LogP) is 2.42. The molecule has 2 rings (SSSR count). The van der Waals surface area contributed by atoms with E-state index >= 15 is 0 Å². The average molecular weight is 339 g/mol. The van der Waals surface area contributed by atoms with Crippen molar-refractivity contribution in [1.29, 1.82) is 0 Å². The number of morpholine rings is 1. The second-order valence-electron chi connectivity index (χ2n) is 6.82. The van der Waals surface area contributed by atoms with E-state index in [9.17, 15) is 0 Å². The van der Waals surface area contributed by atoms with Gasteiger partial charge in [0.25, 0.3) is 0 Å². The van der Waals surface area contributed by atoms with E-state index in [2.05, 4.69) is 48.1 Å². The van der Waals surface area contributed by atoms with Crippen molar-refractivity contribution < 1.29 is 4.74 Å². The van der Waals surface area contributed by atoms with E-state index < -0.39 is 0 Å². The first-order valence-electron chi connectivity index (χ1n) is 8.00. The lowest BCUT2D eigenvalue weighted by molar-refractivity contribution is 0.0180. The van der Waals surface area contributed by atoms with Crippen LogP contribution in [0.5, 0.6) is 0 Å². The molecule has 0 radical (unpaired) electrons. The van der Waals surface area contributed by atoms with Gasteiger partial charge in [0, 0.05) is 23.7 Å². The third kappa shape index (κ3) is 6.01. The number of nitrogens with one attached hydrogen (secondary N) is 1. The van der Waals surface area contributed by atoms with Crippen LogP contribution in [-0.2, 0) is 4.74 Å². The Morgan fingerprint density at radius 1 is 1.30 bits per heavy atom. The summed E-state index contributed by atoms with van der Waals surface area (Å²) in [5.74, 6) is 0.477. The van der Waals surface area contributed by atoms with Gasteiger partial charge in [-0.25, -0.2) is 0 Å². The number of ether oxygens (including phenoxy) is 1. The molecule has 1 heterocycles. The minimum atomic E-state index is -0.0949. The largest absolute Gasteiger partial charge is 0.379 e. The third-order valence-corrected chi connectivity index (χ3v) is 3.93. The van der Waals surface area contributed by atoms with E-state index in [4.69, 9.17) is 22.1 Å². The monoisotopic (exact) mass is 338 g/mol. The number of nitrogens with zero attached hydrogens (tertiary/aromatic N) is 2. The highest BCUT2D eigenvalue weighted by Gasteiger charge is 2.22. The van der Waals surface area contributed by atoms with E-state index in [0.717, 1.165) is 31.3 Å². The SMILES string of the molecule is CC(C)(C)NC(N)=NCC(c1ccc(Cl)cc1)N1CCOCC1. The van der Waals surface area contributed by atoms with Gasteiger partial charge < -0.3 is 15.8 Å². The molecule has 3 N–H and O–H groups in total. The van der Waals surface area contributed by atoms with Gasteiger partial charge in [-0.15, -0.1) is 0 Å². The van der Waals surface area contributed by atoms with Crippen molar-refractivity contribution in [3.8, 4) is 0 Å². The van der Waals surface area contributed by atoms with Crippen molar-refractivity contribution >= 4 is 17.6 Å². The van der Waals surface area contributed by atoms with Crippen molar-refractivity contribution in [3.63, 3.8) is 0 Å². The standard InChI is InChI=1S/C17H27ClN4O/c1-17(2,3)21-16(19)20-12-15(22-8-10-23-11-9-22)13-4-6-14(18)7-5-13/h4-7,15H,8-12H2,1-3H3,(H3,19,20,21). The van der Waals surface area contributed by atoms with Crippen LogP contribution in [0.1, 0.15) is 32.4 Å². The fourth-order valence-electron chi connectivity index (χ4n) is 2.61. The molecule has 6 heteroatoms. The van der Waals surface area contributed by atoms with Gasteiger partial charge in [0.1, 0.15) is 0 Å². The Kier molecular flexibility index (Phi) is 6.27. The number of guanidine groups is 1. The Labute approximate surface area is 143 Å². The number of hydrogen-bond donors (Lipinski definition) is 2. The van der Waals surface area contributed by atoms with Gasteiger partial charge in [0.05, 0.1) is 25.8 Å². The summed E-state index contributed by atoms with van der Waals surface area (Å²) in [4.78, 5) is 6.94. The molecule has 23 heavy (non-hydrogen) atoms. The second kappa shape index (κ2) is 7.99. The molecular weight excluding hydrogens is 312 g/mol. The first-order chi connectivity index (χ1) is 10.8. The summed E-state index contributed by atoms with van der Waals surface area (Å²) in [6.07, 6.45) is 0. The fraction of sp³-hybridized carbons (Fsp3) is 0.588. The number of aliphatic imine (C=N–C) groups is 1. The lowest BCUT2D eigenvalue weighted by Gasteiger charge is -2.34. The van der Waals surface area contributed by atoms with Crippen LogP contribution in [0.25, 0.3) is 0 Å². The van der Waals surface area contributed by atoms with Crippen molar-refractivity contribution in [3.05, 3.63) is 34.9 Å². The van der Waals surface area contributed by atoms with Gasteiger partial charge in [0.15, 0.2) is 5.96 Å². The Balaban J connectivity index is 2.13. The van der Waals surface area contributed by atoms with Crippen LogP contribution in [0.4, 0.5) is 0 Å². The second-order valence-corrected chi connectivity index (χ2v) is 7.25. The summed E-state index contributed by atoms with van der Waals surface area (Å²) >= 11 is 6.01. The summed E-state index contributed by atoms with van der Waals surface area (Å²) in [7, 11) is 0. The van der Waals surface area contributed by atoms with Gasteiger partial charge in [-0.2, -0.15) is 0 Å². The van der Waals surface area contributed by atoms with E-state index in [1.807, 2.05) is 12.1 Å². The Hall–Kier alpha value is -1.30. The highest BCUT2D eigenvalue weighted by Crippen LogP contribution is 2.24. The van der Waals surface area contributed by atoms with Gasteiger partial charge >= 0.3 is 0 Å². The lowest BCUT2D eigenvalue weighted by atomic mass is 10.0. The zero-order valence-electron chi connectivity index (χ0n) is 14.2. The number of hydrogen-bond acceptors (Lipinski definition) is 3. The molecule has 0 bridgehead atoms. The van der Waals surface area contributed by atoms with Crippen LogP contribution in [0, 0.1) is 0 Å². The zero-order chi connectivity index (χ0) is 16.9. The van der Waals surface area contributed by atoms with E-state index in [1.165, 1.54) is 5.56 Å². The van der Waals surface area contributed by atoms with Gasteiger partial charge in [0.2, 0.25) is 0 Å². The molecule has 0 spiro atoms. The highest BCUT2D eigenvalue weighted by atomic mass is 35.5. The number of nitrogens with two attached hydrogens (primary N) is 1. The predicted molar refractivity (Wildman–Crippen MR) is 96.0 cm³/mol. The molecule has 0 amide bonds. The molecular formula is C17H27ClN4O. The minimum absolute atomic E-state index is 0.0949. The van der Waals surface area contributed by atoms with Crippen molar-refractivity contribution in [2.24, 2.45) is 10.7 Å². The first-order valence-corrected chi connectivity index (χ1v) is 8.38. The van der Waals surface area contributed by atoms with Gasteiger partial charge in [-0.05, 0) is 38.5 Å². The number of benzene rings is 1. The zero-order valence-corrected chi connectivity index (χ0v) is 14.9. The molecule has 1 aliphatic rings. The molecule has 1 aromatic rings. The quantitative estimate of drug-likeness (QED) is 0.653. The molecule has 1 atom stereocenters. The lowest BCUT2D eigenvalue weighted by Crippen LogP contribution is -2.45. The number of rotatable bonds is 4. The van der Waals surface area contributed by atoms with Crippen LogP contribution in [0.3, 0.4) is 0 Å². The average Bonchev–Trinajstić information content (AvgIpc) is 2.48. The molecule has 1 saturated heterocycles. The molecule has 0 aliphatic carbocycles. The first kappa shape index (κ1) is 18.0. The number of halogens is 1. The molecule has 0 aromatic heterocycles. The molecule has 128 valence electrons. The Morgan fingerprint density at radius 2 is 1.91 bits per heavy atom. The van der Waals surface area contributed by atoms with Crippen LogP contribution in [0.15, 0.2) is 29.3 Å². The topological polar surface area (TPSA) is 62.9 Å². The van der Waals surface area contributed by atoms with Gasteiger partial charge in [-0.1, -0.05) is 23.7 Å². The maximum absolute atomic E-state index is 6.01. The van der Waals surface area contributed by atoms with Crippen molar-refractivity contribution in [2.45, 2.75) is 32.4 Å². The minimum Gasteiger partial charge on any atom is -0.379 e. The summed E-state index contributed by atoms with van der Waals surface area (Å²) in [5, 5.41) is 3.94. The summed E-state index contributed by atoms with van der Waals surface area (Å²) in [5.41, 5.74) is 7.12. The normalized spacial score (nSPS) is 18.7. The summed E-state index contributed by atoms with van der Waals surface area (Å²) in [6, 6.07) is 8.14. The van der Waals surface area contributed by atoms with Crippen LogP contribution >= 0.6 is 11.6 Å². The fourth-order valence-corrected chi connectivity index (χ4v) is 2.74. The van der Waals surface area contributed by atoms with Crippen LogP contribution < -0.4 is 11.1 Å². The van der Waals surface area contributed by atoms with Crippen molar-refractivity contribution in [2.75, 3.05) is 32.8 Å². The Bertz CT molecular complexity index is 518. The van der Waals surface area contributed by atoms with Crippen LogP contribution in [-0.4, -0.2) is 49.2 Å². The third-order valence-electron chi connectivity index (χ3n) is 3.68. The maximum atomic E-state index is 6.01. The molecule has 1 unspecified atom stereocenters. The smallest absolute Gasteiger partial charge is 0.189 e. The molecule has 1 aromatic carbocycles. The van der Waals surface area contributed by atoms with Crippen LogP contribution in [0.2, 0.25) is 5.02 Å². The molecule has 1 aliphatic heterocycles. The Morgan fingerprint density at radius 3 is 2.48 bits per heavy atom. The van der Waals surface area contributed by atoms with Crippen molar-refractivity contribution in [1.82, 2.24) is 10.2 Å².